The molecule has 2 rings (SSSR count). The van der Waals surface area contributed by atoms with Crippen molar-refractivity contribution in [2.45, 2.75) is 40.0 Å². The zero-order chi connectivity index (χ0) is 11.7. The minimum Gasteiger partial charge on any atom is -0.392 e. The number of aliphatic hydroxyl groups excluding tert-OH is 1. The Labute approximate surface area is 99.3 Å². The van der Waals surface area contributed by atoms with Crippen molar-refractivity contribution in [3.8, 4) is 0 Å². The highest BCUT2D eigenvalue weighted by atomic mass is 16.3. The van der Waals surface area contributed by atoms with Gasteiger partial charge in [-0.2, -0.15) is 0 Å². The van der Waals surface area contributed by atoms with Crippen molar-refractivity contribution >= 4 is 0 Å². The van der Waals surface area contributed by atoms with E-state index in [0.29, 0.717) is 5.92 Å². The second-order valence-corrected chi connectivity index (χ2v) is 5.80. The summed E-state index contributed by atoms with van der Waals surface area (Å²) in [6, 6.07) is 0. The molecule has 0 fully saturated rings. The molecule has 0 saturated carbocycles. The first-order valence-corrected chi connectivity index (χ1v) is 6.60. The summed E-state index contributed by atoms with van der Waals surface area (Å²) in [4.78, 5) is 0. The highest BCUT2D eigenvalue weighted by Gasteiger charge is 2.35. The number of aliphatic hydroxyl groups is 1. The maximum atomic E-state index is 9.29. The summed E-state index contributed by atoms with van der Waals surface area (Å²) in [7, 11) is 0. The standard InChI is InChI=1S/C15H24O/c1-10(2)13-6-4-11(3)14-7-5-12(9-16)8-15(13)14/h4,8,10,13-16H,5-7,9H2,1-3H3. The summed E-state index contributed by atoms with van der Waals surface area (Å²) in [5.41, 5.74) is 2.84. The van der Waals surface area contributed by atoms with Gasteiger partial charge in [0.1, 0.15) is 0 Å². The molecular weight excluding hydrogens is 196 g/mol. The Morgan fingerprint density at radius 2 is 2.19 bits per heavy atom. The highest BCUT2D eigenvalue weighted by Crippen LogP contribution is 2.45. The van der Waals surface area contributed by atoms with Gasteiger partial charge in [0, 0.05) is 0 Å². The fraction of sp³-hybridized carbons (Fsp3) is 0.733. The van der Waals surface area contributed by atoms with Gasteiger partial charge in [-0.15, -0.1) is 0 Å². The largest absolute Gasteiger partial charge is 0.392 e. The third-order valence-corrected chi connectivity index (χ3v) is 4.52. The van der Waals surface area contributed by atoms with E-state index in [2.05, 4.69) is 32.9 Å². The molecule has 1 nitrogen and oxygen atoms in total. The molecule has 0 bridgehead atoms. The first-order chi connectivity index (χ1) is 7.63. The van der Waals surface area contributed by atoms with Gasteiger partial charge in [-0.3, -0.25) is 0 Å². The minimum atomic E-state index is 0.261. The topological polar surface area (TPSA) is 20.2 Å². The maximum absolute atomic E-state index is 9.29. The van der Waals surface area contributed by atoms with Gasteiger partial charge in [0.15, 0.2) is 0 Å². The van der Waals surface area contributed by atoms with Crippen LogP contribution in [0.4, 0.5) is 0 Å². The quantitative estimate of drug-likeness (QED) is 0.706. The molecular formula is C15H24O. The highest BCUT2D eigenvalue weighted by molar-refractivity contribution is 5.21. The van der Waals surface area contributed by atoms with E-state index in [0.717, 1.165) is 24.2 Å². The lowest BCUT2D eigenvalue weighted by molar-refractivity contribution is 0.203. The Morgan fingerprint density at radius 3 is 2.81 bits per heavy atom. The van der Waals surface area contributed by atoms with E-state index in [4.69, 9.17) is 0 Å². The van der Waals surface area contributed by atoms with Crippen LogP contribution in [0.2, 0.25) is 0 Å². The summed E-state index contributed by atoms with van der Waals surface area (Å²) >= 11 is 0. The van der Waals surface area contributed by atoms with Gasteiger partial charge in [0.25, 0.3) is 0 Å². The molecule has 0 aromatic heterocycles. The van der Waals surface area contributed by atoms with Crippen molar-refractivity contribution in [1.82, 2.24) is 0 Å². The van der Waals surface area contributed by atoms with E-state index in [1.54, 1.807) is 5.57 Å². The molecule has 2 aliphatic carbocycles. The lowest BCUT2D eigenvalue weighted by Crippen LogP contribution is -2.32. The van der Waals surface area contributed by atoms with Crippen LogP contribution in [0.1, 0.15) is 40.0 Å². The molecule has 16 heavy (non-hydrogen) atoms. The molecule has 90 valence electrons. The van der Waals surface area contributed by atoms with Crippen LogP contribution >= 0.6 is 0 Å². The third-order valence-electron chi connectivity index (χ3n) is 4.52. The van der Waals surface area contributed by atoms with Gasteiger partial charge in [-0.1, -0.05) is 31.6 Å². The van der Waals surface area contributed by atoms with E-state index < -0.39 is 0 Å². The van der Waals surface area contributed by atoms with Crippen LogP contribution in [-0.4, -0.2) is 11.7 Å². The third kappa shape index (κ3) is 2.10. The van der Waals surface area contributed by atoms with Gasteiger partial charge < -0.3 is 5.11 Å². The second kappa shape index (κ2) is 4.75. The normalized spacial score (nSPS) is 34.4. The number of hydrogen-bond donors (Lipinski definition) is 1. The Morgan fingerprint density at radius 1 is 1.44 bits per heavy atom. The Bertz CT molecular complexity index is 311. The van der Waals surface area contributed by atoms with Crippen molar-refractivity contribution in [3.05, 3.63) is 23.3 Å². The summed E-state index contributed by atoms with van der Waals surface area (Å²) in [6.45, 7) is 7.21. The zero-order valence-electron chi connectivity index (χ0n) is 10.7. The van der Waals surface area contributed by atoms with Crippen LogP contribution < -0.4 is 0 Å². The molecule has 1 N–H and O–H groups in total. The lowest BCUT2D eigenvalue weighted by atomic mass is 9.64. The van der Waals surface area contributed by atoms with E-state index in [9.17, 15) is 5.11 Å². The number of rotatable bonds is 2. The molecule has 0 aromatic carbocycles. The van der Waals surface area contributed by atoms with Crippen molar-refractivity contribution < 1.29 is 5.11 Å². The predicted octanol–water partition coefficient (Wildman–Crippen LogP) is 3.55. The molecule has 1 heteroatoms. The number of hydrogen-bond acceptors (Lipinski definition) is 1. The summed E-state index contributed by atoms with van der Waals surface area (Å²) in [5, 5.41) is 9.29. The predicted molar refractivity (Wildman–Crippen MR) is 68.1 cm³/mol. The maximum Gasteiger partial charge on any atom is 0.0641 e. The first kappa shape index (κ1) is 11.9. The fourth-order valence-corrected chi connectivity index (χ4v) is 3.44. The molecule has 0 saturated heterocycles. The number of fused-ring (bicyclic) bond motifs is 1. The Hall–Kier alpha value is -0.560. The molecule has 0 spiro atoms. The molecule has 0 aliphatic heterocycles. The first-order valence-electron chi connectivity index (χ1n) is 6.60. The van der Waals surface area contributed by atoms with Crippen LogP contribution in [0.3, 0.4) is 0 Å². The second-order valence-electron chi connectivity index (χ2n) is 5.80. The zero-order valence-corrected chi connectivity index (χ0v) is 10.7. The van der Waals surface area contributed by atoms with E-state index >= 15 is 0 Å². The Kier molecular flexibility index (Phi) is 3.53. The SMILES string of the molecule is CC1=CCC(C(C)C)C2C=C(CO)CCC12. The molecule has 0 amide bonds. The monoisotopic (exact) mass is 220 g/mol. The van der Waals surface area contributed by atoms with E-state index in [1.165, 1.54) is 18.4 Å². The van der Waals surface area contributed by atoms with Crippen molar-refractivity contribution in [2.24, 2.45) is 23.7 Å². The summed E-state index contributed by atoms with van der Waals surface area (Å²) in [6.07, 6.45) is 8.38. The molecule has 0 heterocycles. The summed E-state index contributed by atoms with van der Waals surface area (Å²) in [5.74, 6) is 2.94. The van der Waals surface area contributed by atoms with Gasteiger partial charge in [0.2, 0.25) is 0 Å². The minimum absolute atomic E-state index is 0.261. The van der Waals surface area contributed by atoms with Crippen LogP contribution in [0.5, 0.6) is 0 Å². The number of allylic oxidation sites excluding steroid dienone is 3. The van der Waals surface area contributed by atoms with Crippen LogP contribution in [0.15, 0.2) is 23.3 Å². The summed E-state index contributed by atoms with van der Waals surface area (Å²) < 4.78 is 0. The smallest absolute Gasteiger partial charge is 0.0641 e. The molecule has 0 radical (unpaired) electrons. The van der Waals surface area contributed by atoms with Gasteiger partial charge in [0.05, 0.1) is 6.61 Å². The molecule has 3 atom stereocenters. The van der Waals surface area contributed by atoms with Crippen molar-refractivity contribution in [3.63, 3.8) is 0 Å². The average molecular weight is 220 g/mol. The van der Waals surface area contributed by atoms with Crippen LogP contribution in [0, 0.1) is 23.7 Å². The van der Waals surface area contributed by atoms with Gasteiger partial charge in [-0.05, 0) is 55.4 Å². The van der Waals surface area contributed by atoms with Gasteiger partial charge in [-0.25, -0.2) is 0 Å². The lowest BCUT2D eigenvalue weighted by Gasteiger charge is -2.41. The van der Waals surface area contributed by atoms with Gasteiger partial charge >= 0.3 is 0 Å². The van der Waals surface area contributed by atoms with Crippen LogP contribution in [0.25, 0.3) is 0 Å². The van der Waals surface area contributed by atoms with E-state index in [1.807, 2.05) is 0 Å². The molecule has 0 aromatic rings. The fourth-order valence-electron chi connectivity index (χ4n) is 3.44. The average Bonchev–Trinajstić information content (AvgIpc) is 2.28. The molecule has 3 unspecified atom stereocenters. The molecule has 2 aliphatic rings. The van der Waals surface area contributed by atoms with E-state index in [-0.39, 0.29) is 6.61 Å². The Balaban J connectivity index is 2.27. The van der Waals surface area contributed by atoms with Crippen molar-refractivity contribution in [2.75, 3.05) is 6.61 Å². The van der Waals surface area contributed by atoms with Crippen LogP contribution in [-0.2, 0) is 0 Å². The van der Waals surface area contributed by atoms with Crippen molar-refractivity contribution in [1.29, 1.82) is 0 Å².